The fourth-order valence-corrected chi connectivity index (χ4v) is 3.50. The predicted molar refractivity (Wildman–Crippen MR) is 85.2 cm³/mol. The Kier molecular flexibility index (Phi) is 4.45. The Morgan fingerprint density at radius 2 is 2.05 bits per heavy atom. The minimum absolute atomic E-state index is 0.0796. The molecule has 0 spiro atoms. The Morgan fingerprint density at radius 1 is 1.24 bits per heavy atom. The molecule has 0 saturated carbocycles. The fraction of sp³-hybridized carbons (Fsp3) is 0.267. The highest BCUT2D eigenvalue weighted by atomic mass is 79.9. The van der Waals surface area contributed by atoms with Crippen LogP contribution >= 0.6 is 27.3 Å². The second kappa shape index (κ2) is 6.49. The zero-order valence-corrected chi connectivity index (χ0v) is 13.6. The molecule has 0 fully saturated rings. The van der Waals surface area contributed by atoms with Crippen molar-refractivity contribution in [2.24, 2.45) is 0 Å². The van der Waals surface area contributed by atoms with Crippen molar-refractivity contribution in [3.8, 4) is 11.5 Å². The second-order valence-electron chi connectivity index (χ2n) is 4.61. The Hall–Kier alpha value is -1.53. The van der Waals surface area contributed by atoms with Crippen molar-refractivity contribution in [2.45, 2.75) is 13.0 Å². The van der Waals surface area contributed by atoms with Crippen LogP contribution in [0.2, 0.25) is 0 Å². The number of hydrogen-bond donors (Lipinski definition) is 1. The van der Waals surface area contributed by atoms with Crippen LogP contribution in [0.25, 0.3) is 0 Å². The number of halogens is 1. The number of nitrogens with one attached hydrogen (secondary N) is 1. The van der Waals surface area contributed by atoms with E-state index < -0.39 is 0 Å². The molecule has 1 N–H and O–H groups in total. The van der Waals surface area contributed by atoms with Crippen LogP contribution in [-0.2, 0) is 6.54 Å². The highest BCUT2D eigenvalue weighted by Crippen LogP contribution is 2.30. The van der Waals surface area contributed by atoms with Crippen molar-refractivity contribution in [1.29, 1.82) is 0 Å². The molecule has 1 aliphatic rings. The summed E-state index contributed by atoms with van der Waals surface area (Å²) in [4.78, 5) is 12.7. The van der Waals surface area contributed by atoms with Crippen molar-refractivity contribution in [3.63, 3.8) is 0 Å². The third kappa shape index (κ3) is 3.39. The van der Waals surface area contributed by atoms with Crippen LogP contribution < -0.4 is 14.8 Å². The van der Waals surface area contributed by atoms with E-state index in [1.807, 2.05) is 29.6 Å². The molecule has 110 valence electrons. The van der Waals surface area contributed by atoms with E-state index in [0.29, 0.717) is 24.6 Å². The number of amides is 1. The zero-order chi connectivity index (χ0) is 14.7. The van der Waals surface area contributed by atoms with Gasteiger partial charge in [0.05, 0.1) is 13.2 Å². The van der Waals surface area contributed by atoms with E-state index >= 15 is 0 Å². The summed E-state index contributed by atoms with van der Waals surface area (Å²) in [5.41, 5.74) is 0.986. The van der Waals surface area contributed by atoms with Gasteiger partial charge in [0.2, 0.25) is 0 Å². The van der Waals surface area contributed by atoms with Crippen LogP contribution in [0.4, 0.5) is 0 Å². The number of ether oxygens (including phenoxy) is 2. The van der Waals surface area contributed by atoms with Gasteiger partial charge in [0.1, 0.15) is 4.88 Å². The van der Waals surface area contributed by atoms with Crippen molar-refractivity contribution in [3.05, 3.63) is 44.6 Å². The van der Waals surface area contributed by atoms with Crippen LogP contribution in [0.15, 0.2) is 34.1 Å². The van der Waals surface area contributed by atoms with Gasteiger partial charge in [0.25, 0.3) is 5.91 Å². The molecule has 2 aromatic rings. The topological polar surface area (TPSA) is 47.6 Å². The van der Waals surface area contributed by atoms with E-state index in [2.05, 4.69) is 21.2 Å². The Bertz CT molecular complexity index is 656. The monoisotopic (exact) mass is 367 g/mol. The lowest BCUT2D eigenvalue weighted by Crippen LogP contribution is -2.22. The highest BCUT2D eigenvalue weighted by molar-refractivity contribution is 9.10. The third-order valence-corrected chi connectivity index (χ3v) is 4.92. The first kappa shape index (κ1) is 14.4. The summed E-state index contributed by atoms with van der Waals surface area (Å²) in [6.45, 7) is 1.79. The summed E-state index contributed by atoms with van der Waals surface area (Å²) in [6.07, 6.45) is 0.882. The molecule has 0 radical (unpaired) electrons. The molecule has 1 aromatic heterocycles. The summed E-state index contributed by atoms with van der Waals surface area (Å²) in [5, 5.41) is 4.79. The molecule has 0 atom stereocenters. The summed E-state index contributed by atoms with van der Waals surface area (Å²) >= 11 is 4.78. The zero-order valence-electron chi connectivity index (χ0n) is 11.2. The smallest absolute Gasteiger partial charge is 0.262 e. The Morgan fingerprint density at radius 3 is 2.81 bits per heavy atom. The fourth-order valence-electron chi connectivity index (χ4n) is 2.04. The van der Waals surface area contributed by atoms with Gasteiger partial charge in [0.15, 0.2) is 11.5 Å². The van der Waals surface area contributed by atoms with Crippen LogP contribution in [0.1, 0.15) is 21.7 Å². The SMILES string of the molecule is O=C(NCc1ccc2c(c1)OCCCO2)c1sccc1Br. The van der Waals surface area contributed by atoms with Crippen LogP contribution in [0, 0.1) is 0 Å². The molecule has 3 rings (SSSR count). The molecular weight excluding hydrogens is 354 g/mol. The molecular formula is C15H14BrNO3S. The minimum atomic E-state index is -0.0796. The van der Waals surface area contributed by atoms with E-state index in [9.17, 15) is 4.79 Å². The maximum atomic E-state index is 12.1. The molecule has 0 unspecified atom stereocenters. The Balaban J connectivity index is 1.67. The van der Waals surface area contributed by atoms with Gasteiger partial charge < -0.3 is 14.8 Å². The molecule has 1 amide bonds. The molecule has 21 heavy (non-hydrogen) atoms. The number of benzene rings is 1. The number of carbonyl (C=O) groups is 1. The van der Waals surface area contributed by atoms with Gasteiger partial charge in [0, 0.05) is 17.4 Å². The Labute approximate surface area is 135 Å². The molecule has 0 saturated heterocycles. The van der Waals surface area contributed by atoms with E-state index in [4.69, 9.17) is 9.47 Å². The van der Waals surface area contributed by atoms with Crippen molar-refractivity contribution >= 4 is 33.2 Å². The number of carbonyl (C=O) groups excluding carboxylic acids is 1. The molecule has 4 nitrogen and oxygen atoms in total. The van der Waals surface area contributed by atoms with E-state index in [1.54, 1.807) is 0 Å². The van der Waals surface area contributed by atoms with Crippen LogP contribution in [0.3, 0.4) is 0 Å². The number of hydrogen-bond acceptors (Lipinski definition) is 4. The van der Waals surface area contributed by atoms with Crippen molar-refractivity contribution < 1.29 is 14.3 Å². The van der Waals surface area contributed by atoms with Gasteiger partial charge in [-0.3, -0.25) is 4.79 Å². The van der Waals surface area contributed by atoms with Gasteiger partial charge in [-0.1, -0.05) is 6.07 Å². The van der Waals surface area contributed by atoms with Crippen molar-refractivity contribution in [1.82, 2.24) is 5.32 Å². The quantitative estimate of drug-likeness (QED) is 0.901. The first-order valence-corrected chi connectivity index (χ1v) is 8.31. The van der Waals surface area contributed by atoms with Crippen LogP contribution in [0.5, 0.6) is 11.5 Å². The first-order valence-electron chi connectivity index (χ1n) is 6.64. The lowest BCUT2D eigenvalue weighted by Gasteiger charge is -2.10. The number of thiophene rings is 1. The van der Waals surface area contributed by atoms with Crippen LogP contribution in [-0.4, -0.2) is 19.1 Å². The summed E-state index contributed by atoms with van der Waals surface area (Å²) in [7, 11) is 0. The van der Waals surface area contributed by atoms with Crippen molar-refractivity contribution in [2.75, 3.05) is 13.2 Å². The minimum Gasteiger partial charge on any atom is -0.490 e. The maximum Gasteiger partial charge on any atom is 0.262 e. The molecule has 0 aliphatic carbocycles. The summed E-state index contributed by atoms with van der Waals surface area (Å²) in [5.74, 6) is 1.43. The normalized spacial score (nSPS) is 13.6. The lowest BCUT2D eigenvalue weighted by atomic mass is 10.2. The van der Waals surface area contributed by atoms with Gasteiger partial charge in [-0.2, -0.15) is 0 Å². The van der Waals surface area contributed by atoms with Gasteiger partial charge >= 0.3 is 0 Å². The summed E-state index contributed by atoms with van der Waals surface area (Å²) < 4.78 is 12.1. The van der Waals surface area contributed by atoms with Gasteiger partial charge in [-0.25, -0.2) is 0 Å². The average Bonchev–Trinajstić information content (AvgIpc) is 2.79. The molecule has 6 heteroatoms. The first-order chi connectivity index (χ1) is 10.2. The maximum absolute atomic E-state index is 12.1. The standard InChI is InChI=1S/C15H14BrNO3S/c16-11-4-7-21-14(11)15(18)17-9-10-2-3-12-13(8-10)20-6-1-5-19-12/h2-4,7-8H,1,5-6,9H2,(H,17,18). The molecule has 2 heterocycles. The number of rotatable bonds is 3. The van der Waals surface area contributed by atoms with E-state index in [0.717, 1.165) is 28.0 Å². The molecule has 1 aromatic carbocycles. The van der Waals surface area contributed by atoms with Gasteiger partial charge in [-0.05, 0) is 45.1 Å². The second-order valence-corrected chi connectivity index (χ2v) is 6.38. The number of fused-ring (bicyclic) bond motifs is 1. The molecule has 1 aliphatic heterocycles. The highest BCUT2D eigenvalue weighted by Gasteiger charge is 2.13. The average molecular weight is 368 g/mol. The lowest BCUT2D eigenvalue weighted by molar-refractivity contribution is 0.0954. The largest absolute Gasteiger partial charge is 0.490 e. The summed E-state index contributed by atoms with van der Waals surface area (Å²) in [6, 6.07) is 7.62. The predicted octanol–water partition coefficient (Wildman–Crippen LogP) is 3.60. The van der Waals surface area contributed by atoms with E-state index in [-0.39, 0.29) is 5.91 Å². The third-order valence-electron chi connectivity index (χ3n) is 3.09. The molecule has 0 bridgehead atoms. The van der Waals surface area contributed by atoms with E-state index in [1.165, 1.54) is 11.3 Å². The van der Waals surface area contributed by atoms with Gasteiger partial charge in [-0.15, -0.1) is 11.3 Å².